The van der Waals surface area contributed by atoms with E-state index in [0.29, 0.717) is 10.0 Å². The van der Waals surface area contributed by atoms with E-state index < -0.39 is 0 Å². The maximum atomic E-state index is 5.97. The van der Waals surface area contributed by atoms with Crippen molar-refractivity contribution in [2.45, 2.75) is 11.8 Å². The lowest BCUT2D eigenvalue weighted by atomic mass is 10.1. The highest BCUT2D eigenvalue weighted by Gasteiger charge is 2.13. The molecule has 0 radical (unpaired) electrons. The van der Waals surface area contributed by atoms with E-state index in [4.69, 9.17) is 27.6 Å². The third-order valence-corrected chi connectivity index (χ3v) is 4.08. The molecule has 0 bridgehead atoms. The van der Waals surface area contributed by atoms with Gasteiger partial charge in [-0.05, 0) is 30.7 Å². The van der Waals surface area contributed by atoms with Crippen LogP contribution in [0.15, 0.2) is 34.9 Å². The van der Waals surface area contributed by atoms with Crippen LogP contribution in [-0.4, -0.2) is 0 Å². The number of halogens is 3. The predicted molar refractivity (Wildman–Crippen MR) is 70.7 cm³/mol. The van der Waals surface area contributed by atoms with Crippen LogP contribution < -0.4 is 0 Å². The monoisotopic (exact) mass is 318 g/mol. The molecule has 1 aromatic heterocycles. The molecule has 0 aliphatic rings. The zero-order valence-electron chi connectivity index (χ0n) is 8.51. The fourth-order valence-electron chi connectivity index (χ4n) is 1.46. The molecule has 2 rings (SSSR count). The Labute approximate surface area is 112 Å². The Morgan fingerprint density at radius 1 is 1.12 bits per heavy atom. The first-order chi connectivity index (χ1) is 7.58. The lowest BCUT2D eigenvalue weighted by Gasteiger charge is -2.08. The summed E-state index contributed by atoms with van der Waals surface area (Å²) in [6.45, 7) is 1.91. The average Bonchev–Trinajstić information content (AvgIpc) is 2.68. The summed E-state index contributed by atoms with van der Waals surface area (Å²) < 4.78 is 5.27. The van der Waals surface area contributed by atoms with Gasteiger partial charge in [0.05, 0.1) is 21.1 Å². The molecule has 0 aliphatic heterocycles. The zero-order chi connectivity index (χ0) is 11.7. The summed E-state index contributed by atoms with van der Waals surface area (Å²) in [6, 6.07) is 7.57. The van der Waals surface area contributed by atoms with Gasteiger partial charge in [0, 0.05) is 5.56 Å². The molecule has 0 saturated carbocycles. The number of benzene rings is 1. The summed E-state index contributed by atoms with van der Waals surface area (Å²) in [5, 5.41) is 1.12. The maximum absolute atomic E-state index is 5.97. The lowest BCUT2D eigenvalue weighted by Crippen LogP contribution is -1.90. The second-order valence-electron chi connectivity index (χ2n) is 3.53. The quantitative estimate of drug-likeness (QED) is 0.677. The molecule has 16 heavy (non-hydrogen) atoms. The summed E-state index contributed by atoms with van der Waals surface area (Å²) in [5.41, 5.74) is 2.12. The van der Waals surface area contributed by atoms with Gasteiger partial charge in [0.2, 0.25) is 0 Å². The van der Waals surface area contributed by atoms with E-state index in [0.717, 1.165) is 16.9 Å². The van der Waals surface area contributed by atoms with Crippen molar-refractivity contribution >= 4 is 39.1 Å². The van der Waals surface area contributed by atoms with Gasteiger partial charge in [0.1, 0.15) is 5.76 Å². The van der Waals surface area contributed by atoms with Gasteiger partial charge in [-0.1, -0.05) is 45.2 Å². The first-order valence-corrected chi connectivity index (χ1v) is 6.39. The molecule has 0 N–H and O–H groups in total. The molecule has 1 heterocycles. The van der Waals surface area contributed by atoms with E-state index in [1.807, 2.05) is 25.1 Å². The van der Waals surface area contributed by atoms with Crippen molar-refractivity contribution in [2.24, 2.45) is 0 Å². The number of alkyl halides is 1. The molecule has 1 nitrogen and oxygen atoms in total. The van der Waals surface area contributed by atoms with Gasteiger partial charge in [0.25, 0.3) is 0 Å². The number of aryl methyl sites for hydroxylation is 1. The largest absolute Gasteiger partial charge is 0.469 e. The van der Waals surface area contributed by atoms with Crippen LogP contribution in [-0.2, 0) is 0 Å². The third kappa shape index (κ3) is 2.45. The second kappa shape index (κ2) is 4.82. The van der Waals surface area contributed by atoms with Crippen molar-refractivity contribution in [3.8, 4) is 0 Å². The van der Waals surface area contributed by atoms with Gasteiger partial charge in [-0.3, -0.25) is 0 Å². The highest BCUT2D eigenvalue weighted by molar-refractivity contribution is 9.09. The Morgan fingerprint density at radius 2 is 1.88 bits per heavy atom. The van der Waals surface area contributed by atoms with E-state index in [9.17, 15) is 0 Å². The van der Waals surface area contributed by atoms with E-state index in [1.165, 1.54) is 0 Å². The van der Waals surface area contributed by atoms with Crippen molar-refractivity contribution in [3.05, 3.63) is 57.5 Å². The zero-order valence-corrected chi connectivity index (χ0v) is 11.6. The third-order valence-electron chi connectivity index (χ3n) is 2.28. The minimum atomic E-state index is 0.0692. The van der Waals surface area contributed by atoms with E-state index >= 15 is 0 Å². The standard InChI is InChI=1S/C12H9BrCl2O/c1-7-4-9(6-16-7)12(13)8-2-3-10(14)11(15)5-8/h2-6,12H,1H3. The number of furan rings is 1. The fraction of sp³-hybridized carbons (Fsp3) is 0.167. The topological polar surface area (TPSA) is 13.1 Å². The van der Waals surface area contributed by atoms with Gasteiger partial charge in [-0.15, -0.1) is 0 Å². The van der Waals surface area contributed by atoms with Crippen molar-refractivity contribution in [2.75, 3.05) is 0 Å². The first kappa shape index (κ1) is 12.0. The molecule has 0 aliphatic carbocycles. The van der Waals surface area contributed by atoms with Gasteiger partial charge < -0.3 is 4.42 Å². The van der Waals surface area contributed by atoms with Crippen LogP contribution in [0.5, 0.6) is 0 Å². The van der Waals surface area contributed by atoms with E-state index in [1.54, 1.807) is 12.3 Å². The molecule has 4 heteroatoms. The van der Waals surface area contributed by atoms with Crippen LogP contribution in [0.25, 0.3) is 0 Å². The SMILES string of the molecule is Cc1cc(C(Br)c2ccc(Cl)c(Cl)c2)co1. The molecule has 1 atom stereocenters. The van der Waals surface area contributed by atoms with Crippen LogP contribution in [0.4, 0.5) is 0 Å². The summed E-state index contributed by atoms with van der Waals surface area (Å²) in [5.74, 6) is 0.888. The molecule has 2 aromatic rings. The Kier molecular flexibility index (Phi) is 3.63. The van der Waals surface area contributed by atoms with Gasteiger partial charge in [-0.25, -0.2) is 0 Å². The predicted octanol–water partition coefficient (Wildman–Crippen LogP) is 5.38. The highest BCUT2D eigenvalue weighted by Crippen LogP contribution is 2.34. The van der Waals surface area contributed by atoms with E-state index in [2.05, 4.69) is 15.9 Å². The molecular formula is C12H9BrCl2O. The summed E-state index contributed by atoms with van der Waals surface area (Å²) in [7, 11) is 0. The maximum Gasteiger partial charge on any atom is 0.101 e. The Bertz CT molecular complexity index is 507. The minimum absolute atomic E-state index is 0.0692. The van der Waals surface area contributed by atoms with Crippen molar-refractivity contribution < 1.29 is 4.42 Å². The van der Waals surface area contributed by atoms with Crippen LogP contribution in [0.1, 0.15) is 21.7 Å². The molecule has 0 saturated heterocycles. The molecule has 1 aromatic carbocycles. The molecular weight excluding hydrogens is 311 g/mol. The smallest absolute Gasteiger partial charge is 0.101 e. The molecule has 0 amide bonds. The fourth-order valence-corrected chi connectivity index (χ4v) is 2.29. The second-order valence-corrected chi connectivity index (χ2v) is 5.26. The normalized spacial score (nSPS) is 12.8. The molecule has 0 spiro atoms. The average molecular weight is 320 g/mol. The Hall–Kier alpha value is -0.440. The summed E-state index contributed by atoms with van der Waals surface area (Å²) in [4.78, 5) is 0.0692. The number of hydrogen-bond donors (Lipinski definition) is 0. The highest BCUT2D eigenvalue weighted by atomic mass is 79.9. The Balaban J connectivity index is 2.33. The van der Waals surface area contributed by atoms with Crippen LogP contribution in [0.2, 0.25) is 10.0 Å². The summed E-state index contributed by atoms with van der Waals surface area (Å²) >= 11 is 15.4. The molecule has 0 fully saturated rings. The molecule has 1 unspecified atom stereocenters. The first-order valence-electron chi connectivity index (χ1n) is 4.72. The van der Waals surface area contributed by atoms with Crippen molar-refractivity contribution in [1.29, 1.82) is 0 Å². The molecule has 84 valence electrons. The van der Waals surface area contributed by atoms with Crippen molar-refractivity contribution in [3.63, 3.8) is 0 Å². The van der Waals surface area contributed by atoms with Crippen LogP contribution in [0, 0.1) is 6.92 Å². The van der Waals surface area contributed by atoms with Crippen LogP contribution >= 0.6 is 39.1 Å². The van der Waals surface area contributed by atoms with Gasteiger partial charge >= 0.3 is 0 Å². The van der Waals surface area contributed by atoms with Crippen molar-refractivity contribution in [1.82, 2.24) is 0 Å². The number of hydrogen-bond acceptors (Lipinski definition) is 1. The summed E-state index contributed by atoms with van der Waals surface area (Å²) in [6.07, 6.45) is 1.73. The Morgan fingerprint density at radius 3 is 2.44 bits per heavy atom. The minimum Gasteiger partial charge on any atom is -0.469 e. The van der Waals surface area contributed by atoms with E-state index in [-0.39, 0.29) is 4.83 Å². The van der Waals surface area contributed by atoms with Gasteiger partial charge in [0.15, 0.2) is 0 Å². The number of rotatable bonds is 2. The lowest BCUT2D eigenvalue weighted by molar-refractivity contribution is 0.532. The van der Waals surface area contributed by atoms with Gasteiger partial charge in [-0.2, -0.15) is 0 Å². The van der Waals surface area contributed by atoms with Crippen LogP contribution in [0.3, 0.4) is 0 Å².